The van der Waals surface area contributed by atoms with E-state index in [0.717, 1.165) is 11.1 Å². The first-order valence-corrected chi connectivity index (χ1v) is 7.97. The molecule has 0 bridgehead atoms. The molecule has 1 rings (SSSR count). The Balaban J connectivity index is 3.36. The van der Waals surface area contributed by atoms with Crippen molar-refractivity contribution in [2.75, 3.05) is 6.26 Å². The lowest BCUT2D eigenvalue weighted by Gasteiger charge is -2.31. The van der Waals surface area contributed by atoms with Crippen molar-refractivity contribution in [3.05, 3.63) is 33.8 Å². The molecule has 18 heavy (non-hydrogen) atoms. The summed E-state index contributed by atoms with van der Waals surface area (Å²) in [6.45, 7) is 7.16. The second kappa shape index (κ2) is 4.83. The third-order valence-corrected chi connectivity index (χ3v) is 6.15. The number of aryl methyl sites for hydroxylation is 2. The van der Waals surface area contributed by atoms with Crippen molar-refractivity contribution < 1.29 is 8.42 Å². The second-order valence-electron chi connectivity index (χ2n) is 5.31. The van der Waals surface area contributed by atoms with Gasteiger partial charge in [-0.15, -0.1) is 0 Å². The molecule has 3 nitrogen and oxygen atoms in total. The van der Waals surface area contributed by atoms with Crippen LogP contribution in [0.4, 0.5) is 0 Å². The van der Waals surface area contributed by atoms with E-state index in [1.807, 2.05) is 26.0 Å². The highest BCUT2D eigenvalue weighted by Gasteiger charge is 2.38. The molecule has 1 aromatic rings. The summed E-state index contributed by atoms with van der Waals surface area (Å²) >= 11 is 6.18. The molecule has 1 aromatic carbocycles. The zero-order valence-corrected chi connectivity index (χ0v) is 13.0. The Hall–Kier alpha value is -0.580. The second-order valence-corrected chi connectivity index (χ2v) is 8.31. The van der Waals surface area contributed by atoms with Crippen LogP contribution in [0.2, 0.25) is 5.02 Å². The molecule has 0 spiro atoms. The quantitative estimate of drug-likeness (QED) is 0.931. The number of halogens is 1. The van der Waals surface area contributed by atoms with Gasteiger partial charge in [0.1, 0.15) is 0 Å². The van der Waals surface area contributed by atoms with Gasteiger partial charge in [0, 0.05) is 11.3 Å². The van der Waals surface area contributed by atoms with Crippen molar-refractivity contribution in [1.29, 1.82) is 0 Å². The van der Waals surface area contributed by atoms with Crippen molar-refractivity contribution >= 4 is 21.4 Å². The van der Waals surface area contributed by atoms with Crippen LogP contribution in [0.5, 0.6) is 0 Å². The van der Waals surface area contributed by atoms with E-state index in [9.17, 15) is 8.42 Å². The van der Waals surface area contributed by atoms with Crippen molar-refractivity contribution in [1.82, 2.24) is 0 Å². The number of nitrogens with two attached hydrogens (primary N) is 1. The van der Waals surface area contributed by atoms with E-state index < -0.39 is 20.6 Å². The molecule has 0 aromatic heterocycles. The lowest BCUT2D eigenvalue weighted by Crippen LogP contribution is -2.42. The molecule has 0 radical (unpaired) electrons. The fourth-order valence-electron chi connectivity index (χ4n) is 1.65. The fraction of sp³-hybridized carbons (Fsp3) is 0.538. The zero-order chi connectivity index (χ0) is 14.3. The Morgan fingerprint density at radius 1 is 1.22 bits per heavy atom. The van der Waals surface area contributed by atoms with Crippen LogP contribution in [-0.2, 0) is 9.84 Å². The molecule has 0 fully saturated rings. The van der Waals surface area contributed by atoms with Gasteiger partial charge in [-0.05, 0) is 50.5 Å². The third-order valence-electron chi connectivity index (χ3n) is 3.65. The average molecular weight is 290 g/mol. The highest BCUT2D eigenvalue weighted by atomic mass is 35.5. The highest BCUT2D eigenvalue weighted by Crippen LogP contribution is 2.35. The largest absolute Gasteiger partial charge is 0.323 e. The molecule has 0 aliphatic carbocycles. The Bertz CT molecular complexity index is 565. The maximum Gasteiger partial charge on any atom is 0.154 e. The number of hydrogen-bond donors (Lipinski definition) is 1. The molecule has 0 aliphatic rings. The Kier molecular flexibility index (Phi) is 4.16. The van der Waals surface area contributed by atoms with Gasteiger partial charge in [-0.2, -0.15) is 0 Å². The molecule has 0 saturated heterocycles. The molecular formula is C13H20ClNO2S. The normalized spacial score (nSPS) is 14.6. The maximum absolute atomic E-state index is 11.8. The highest BCUT2D eigenvalue weighted by molar-refractivity contribution is 7.92. The number of rotatable bonds is 3. The standard InChI is InChI=1S/C13H20ClNO2S/c1-8-6-10(11(14)7-9(8)2)12(15)13(3,4)18(5,16)17/h6-7,12H,15H2,1-5H3. The van der Waals surface area contributed by atoms with Gasteiger partial charge < -0.3 is 5.73 Å². The van der Waals surface area contributed by atoms with Crippen LogP contribution in [-0.4, -0.2) is 19.4 Å². The summed E-state index contributed by atoms with van der Waals surface area (Å²) < 4.78 is 22.6. The maximum atomic E-state index is 11.8. The average Bonchev–Trinajstić information content (AvgIpc) is 2.20. The summed E-state index contributed by atoms with van der Waals surface area (Å²) in [5.74, 6) is 0. The molecule has 0 amide bonds. The molecule has 1 atom stereocenters. The smallest absolute Gasteiger partial charge is 0.154 e. The summed E-state index contributed by atoms with van der Waals surface area (Å²) in [5, 5.41) is 0.516. The first-order chi connectivity index (χ1) is 7.98. The van der Waals surface area contributed by atoms with Gasteiger partial charge in [0.2, 0.25) is 0 Å². The molecule has 0 heterocycles. The van der Waals surface area contributed by atoms with Gasteiger partial charge in [-0.25, -0.2) is 8.42 Å². The van der Waals surface area contributed by atoms with Crippen molar-refractivity contribution in [3.63, 3.8) is 0 Å². The van der Waals surface area contributed by atoms with Crippen LogP contribution in [0, 0.1) is 13.8 Å². The molecule has 1 unspecified atom stereocenters. The van der Waals surface area contributed by atoms with Crippen LogP contribution in [0.25, 0.3) is 0 Å². The van der Waals surface area contributed by atoms with E-state index in [4.69, 9.17) is 17.3 Å². The van der Waals surface area contributed by atoms with Crippen molar-refractivity contribution in [2.45, 2.75) is 38.5 Å². The molecule has 0 aliphatic heterocycles. The van der Waals surface area contributed by atoms with Crippen LogP contribution in [0.15, 0.2) is 12.1 Å². The van der Waals surface area contributed by atoms with E-state index in [2.05, 4.69) is 0 Å². The molecular weight excluding hydrogens is 270 g/mol. The Morgan fingerprint density at radius 2 is 1.67 bits per heavy atom. The van der Waals surface area contributed by atoms with Gasteiger partial charge in [-0.1, -0.05) is 17.7 Å². The first-order valence-electron chi connectivity index (χ1n) is 5.70. The van der Waals surface area contributed by atoms with Crippen molar-refractivity contribution in [3.8, 4) is 0 Å². The van der Waals surface area contributed by atoms with Crippen LogP contribution in [0.3, 0.4) is 0 Å². The topological polar surface area (TPSA) is 60.2 Å². The minimum Gasteiger partial charge on any atom is -0.323 e. The van der Waals surface area contributed by atoms with Gasteiger partial charge in [0.25, 0.3) is 0 Å². The third kappa shape index (κ3) is 2.71. The van der Waals surface area contributed by atoms with Crippen LogP contribution >= 0.6 is 11.6 Å². The summed E-state index contributed by atoms with van der Waals surface area (Å²) in [6, 6.07) is 3.04. The summed E-state index contributed by atoms with van der Waals surface area (Å²) in [7, 11) is -3.27. The molecule has 0 saturated carbocycles. The van der Waals surface area contributed by atoms with E-state index in [1.54, 1.807) is 13.8 Å². The van der Waals surface area contributed by atoms with Gasteiger partial charge in [0.15, 0.2) is 9.84 Å². The van der Waals surface area contributed by atoms with Gasteiger partial charge in [0.05, 0.1) is 10.8 Å². The minimum atomic E-state index is -3.27. The summed E-state index contributed by atoms with van der Waals surface area (Å²) in [4.78, 5) is 0. The molecule has 5 heteroatoms. The summed E-state index contributed by atoms with van der Waals surface area (Å²) in [6.07, 6.45) is 1.20. The molecule has 2 N–H and O–H groups in total. The van der Waals surface area contributed by atoms with Crippen molar-refractivity contribution in [2.24, 2.45) is 5.73 Å². The lowest BCUT2D eigenvalue weighted by molar-refractivity contribution is 0.496. The monoisotopic (exact) mass is 289 g/mol. The SMILES string of the molecule is Cc1cc(Cl)c(C(N)C(C)(C)S(C)(=O)=O)cc1C. The van der Waals surface area contributed by atoms with Gasteiger partial charge >= 0.3 is 0 Å². The predicted octanol–water partition coefficient (Wildman–Crippen LogP) is 2.78. The number of benzene rings is 1. The van der Waals surface area contributed by atoms with E-state index in [1.165, 1.54) is 6.26 Å². The Labute approximate surface area is 114 Å². The van der Waals surface area contributed by atoms with E-state index in [0.29, 0.717) is 10.6 Å². The number of sulfone groups is 1. The lowest BCUT2D eigenvalue weighted by atomic mass is 9.93. The Morgan fingerprint density at radius 3 is 2.11 bits per heavy atom. The summed E-state index contributed by atoms with van der Waals surface area (Å²) in [5.41, 5.74) is 8.90. The number of hydrogen-bond acceptors (Lipinski definition) is 3. The minimum absolute atomic E-state index is 0.516. The van der Waals surface area contributed by atoms with Crippen LogP contribution < -0.4 is 5.73 Å². The van der Waals surface area contributed by atoms with Gasteiger partial charge in [-0.3, -0.25) is 0 Å². The fourth-order valence-corrected chi connectivity index (χ4v) is 2.57. The van der Waals surface area contributed by atoms with E-state index in [-0.39, 0.29) is 0 Å². The predicted molar refractivity (Wildman–Crippen MR) is 76.8 cm³/mol. The first kappa shape index (κ1) is 15.5. The zero-order valence-electron chi connectivity index (χ0n) is 11.4. The van der Waals surface area contributed by atoms with Crippen LogP contribution in [0.1, 0.15) is 36.6 Å². The van der Waals surface area contributed by atoms with E-state index >= 15 is 0 Å². The molecule has 102 valence electrons.